The van der Waals surface area contributed by atoms with Crippen LogP contribution in [0.3, 0.4) is 0 Å². The number of thiophene rings is 1. The van der Waals surface area contributed by atoms with Crippen molar-refractivity contribution in [2.75, 3.05) is 13.7 Å². The Bertz CT molecular complexity index is 482. The van der Waals surface area contributed by atoms with Crippen molar-refractivity contribution < 1.29 is 4.74 Å². The van der Waals surface area contributed by atoms with Gasteiger partial charge in [0.15, 0.2) is 0 Å². The van der Waals surface area contributed by atoms with Crippen molar-refractivity contribution in [2.24, 2.45) is 0 Å². The number of nitrogens with one attached hydrogen (secondary N) is 1. The quantitative estimate of drug-likeness (QED) is 0.883. The minimum Gasteiger partial charge on any atom is -0.492 e. The fraction of sp³-hybridized carbons (Fsp3) is 0.308. The van der Waals surface area contributed by atoms with Crippen molar-refractivity contribution in [3.63, 3.8) is 0 Å². The topological polar surface area (TPSA) is 34.1 Å². The van der Waals surface area contributed by atoms with Gasteiger partial charge in [-0.2, -0.15) is 0 Å². The molecule has 2 aromatic heterocycles. The Kier molecular flexibility index (Phi) is 4.12. The third-order valence-electron chi connectivity index (χ3n) is 2.34. The smallest absolute Gasteiger partial charge is 0.138 e. The highest BCUT2D eigenvalue weighted by atomic mass is 32.1. The molecule has 2 aromatic rings. The molecule has 0 radical (unpaired) electrons. The lowest BCUT2D eigenvalue weighted by molar-refractivity contribution is 0.339. The number of nitrogens with zero attached hydrogens (tertiary/aromatic N) is 1. The molecule has 1 N–H and O–H groups in total. The summed E-state index contributed by atoms with van der Waals surface area (Å²) in [4.78, 5) is 5.43. The van der Waals surface area contributed by atoms with Crippen molar-refractivity contribution in [3.05, 3.63) is 35.5 Å². The molecule has 0 amide bonds. The van der Waals surface area contributed by atoms with Gasteiger partial charge in [0.05, 0.1) is 12.8 Å². The molecule has 0 aliphatic carbocycles. The number of ether oxygens (including phenoxy) is 1. The minimum atomic E-state index is 0.667. The first-order valence-electron chi connectivity index (χ1n) is 5.63. The summed E-state index contributed by atoms with van der Waals surface area (Å²) in [6.07, 6.45) is 3.62. The van der Waals surface area contributed by atoms with Crippen LogP contribution in [0.1, 0.15) is 12.5 Å². The first-order chi connectivity index (χ1) is 8.33. The summed E-state index contributed by atoms with van der Waals surface area (Å²) >= 11 is 1.73. The first kappa shape index (κ1) is 12.1. The molecule has 0 fully saturated rings. The Morgan fingerprint density at radius 2 is 2.24 bits per heavy atom. The molecular weight excluding hydrogens is 232 g/mol. The maximum absolute atomic E-state index is 5.45. The monoisotopic (exact) mass is 248 g/mol. The van der Waals surface area contributed by atoms with Gasteiger partial charge in [-0.3, -0.25) is 4.98 Å². The van der Waals surface area contributed by atoms with Gasteiger partial charge < -0.3 is 10.1 Å². The number of aromatic nitrogens is 1. The molecule has 0 spiro atoms. The van der Waals surface area contributed by atoms with Gasteiger partial charge in [-0.25, -0.2) is 0 Å². The Morgan fingerprint density at radius 3 is 3.00 bits per heavy atom. The predicted octanol–water partition coefficient (Wildman–Crippen LogP) is 2.93. The molecule has 0 unspecified atom stereocenters. The fourth-order valence-electron chi connectivity index (χ4n) is 1.62. The summed E-state index contributed by atoms with van der Waals surface area (Å²) in [7, 11) is 1.95. The summed E-state index contributed by atoms with van der Waals surface area (Å²) < 4.78 is 5.45. The van der Waals surface area contributed by atoms with E-state index in [-0.39, 0.29) is 0 Å². The highest BCUT2D eigenvalue weighted by Crippen LogP contribution is 2.28. The van der Waals surface area contributed by atoms with Crippen LogP contribution in [0.4, 0.5) is 0 Å². The van der Waals surface area contributed by atoms with Gasteiger partial charge in [0.25, 0.3) is 0 Å². The normalized spacial score (nSPS) is 10.5. The third kappa shape index (κ3) is 3.05. The Labute approximate surface area is 105 Å². The van der Waals surface area contributed by atoms with Gasteiger partial charge in [0.2, 0.25) is 0 Å². The summed E-state index contributed by atoms with van der Waals surface area (Å²) in [6, 6.07) is 4.22. The molecule has 0 aliphatic rings. The van der Waals surface area contributed by atoms with E-state index in [0.717, 1.165) is 17.9 Å². The van der Waals surface area contributed by atoms with E-state index in [2.05, 4.69) is 21.7 Å². The maximum atomic E-state index is 5.45. The van der Waals surface area contributed by atoms with Crippen LogP contribution in [0.2, 0.25) is 0 Å². The summed E-state index contributed by atoms with van der Waals surface area (Å²) in [6.45, 7) is 3.54. The Balaban J connectivity index is 2.22. The van der Waals surface area contributed by atoms with Gasteiger partial charge in [-0.1, -0.05) is 0 Å². The number of hydrogen-bond acceptors (Lipinski definition) is 4. The third-order valence-corrected chi connectivity index (χ3v) is 3.37. The van der Waals surface area contributed by atoms with E-state index < -0.39 is 0 Å². The zero-order valence-corrected chi connectivity index (χ0v) is 10.9. The van der Waals surface area contributed by atoms with E-state index in [1.54, 1.807) is 17.5 Å². The zero-order valence-electron chi connectivity index (χ0n) is 10.1. The number of hydrogen-bond donors (Lipinski definition) is 1. The molecule has 90 valence electrons. The molecule has 0 atom stereocenters. The maximum Gasteiger partial charge on any atom is 0.138 e. The summed E-state index contributed by atoms with van der Waals surface area (Å²) in [5.41, 5.74) is 2.41. The molecule has 17 heavy (non-hydrogen) atoms. The first-order valence-corrected chi connectivity index (χ1v) is 6.51. The molecule has 0 saturated heterocycles. The van der Waals surface area contributed by atoms with Crippen LogP contribution in [0.15, 0.2) is 29.9 Å². The lowest BCUT2D eigenvalue weighted by atomic mass is 10.2. The van der Waals surface area contributed by atoms with Gasteiger partial charge in [0.1, 0.15) is 5.75 Å². The molecule has 0 saturated carbocycles. The largest absolute Gasteiger partial charge is 0.492 e. The van der Waals surface area contributed by atoms with Crippen LogP contribution < -0.4 is 10.1 Å². The molecule has 2 rings (SSSR count). The van der Waals surface area contributed by atoms with E-state index >= 15 is 0 Å². The van der Waals surface area contributed by atoms with E-state index in [1.807, 2.05) is 26.2 Å². The molecule has 0 aliphatic heterocycles. The summed E-state index contributed by atoms with van der Waals surface area (Å²) in [5, 5.41) is 5.31. The van der Waals surface area contributed by atoms with E-state index in [0.29, 0.717) is 6.61 Å². The van der Waals surface area contributed by atoms with Crippen molar-refractivity contribution >= 4 is 11.3 Å². The second kappa shape index (κ2) is 5.80. The second-order valence-electron chi connectivity index (χ2n) is 3.69. The number of pyridine rings is 1. The van der Waals surface area contributed by atoms with Gasteiger partial charge >= 0.3 is 0 Å². The lowest BCUT2D eigenvalue weighted by Gasteiger charge is -2.03. The van der Waals surface area contributed by atoms with Crippen LogP contribution in [-0.4, -0.2) is 18.6 Å². The Morgan fingerprint density at radius 1 is 1.35 bits per heavy atom. The van der Waals surface area contributed by atoms with Crippen molar-refractivity contribution in [2.45, 2.75) is 13.5 Å². The highest BCUT2D eigenvalue weighted by Gasteiger charge is 2.04. The molecule has 3 nitrogen and oxygen atoms in total. The lowest BCUT2D eigenvalue weighted by Crippen LogP contribution is -2.03. The van der Waals surface area contributed by atoms with Gasteiger partial charge in [-0.15, -0.1) is 11.3 Å². The number of rotatable bonds is 5. The van der Waals surface area contributed by atoms with Gasteiger partial charge in [0, 0.05) is 23.2 Å². The van der Waals surface area contributed by atoms with Crippen molar-refractivity contribution in [3.8, 4) is 16.2 Å². The van der Waals surface area contributed by atoms with E-state index in [9.17, 15) is 0 Å². The van der Waals surface area contributed by atoms with E-state index in [1.165, 1.54) is 10.4 Å². The van der Waals surface area contributed by atoms with E-state index in [4.69, 9.17) is 4.74 Å². The van der Waals surface area contributed by atoms with Crippen LogP contribution in [-0.2, 0) is 6.54 Å². The zero-order chi connectivity index (χ0) is 12.1. The second-order valence-corrected chi connectivity index (χ2v) is 4.60. The van der Waals surface area contributed by atoms with Crippen molar-refractivity contribution in [1.29, 1.82) is 0 Å². The molecule has 4 heteroatoms. The predicted molar refractivity (Wildman–Crippen MR) is 71.5 cm³/mol. The van der Waals surface area contributed by atoms with Crippen LogP contribution in [0.25, 0.3) is 10.4 Å². The van der Waals surface area contributed by atoms with Crippen LogP contribution >= 0.6 is 11.3 Å². The fourth-order valence-corrected chi connectivity index (χ4v) is 2.52. The standard InChI is InChI=1S/C13H16N2OS/c1-3-16-12-5-11(7-15-8-12)13-4-10(6-14-2)9-17-13/h4-5,7-9,14H,3,6H2,1-2H3. The van der Waals surface area contributed by atoms with Crippen LogP contribution in [0.5, 0.6) is 5.75 Å². The molecule has 2 heterocycles. The minimum absolute atomic E-state index is 0.667. The molecule has 0 aromatic carbocycles. The summed E-state index contributed by atoms with van der Waals surface area (Å²) in [5.74, 6) is 0.827. The SMILES string of the molecule is CCOc1cncc(-c2cc(CNC)cs2)c1. The average Bonchev–Trinajstić information content (AvgIpc) is 2.79. The average molecular weight is 248 g/mol. The Hall–Kier alpha value is -1.39. The van der Waals surface area contributed by atoms with Crippen molar-refractivity contribution in [1.82, 2.24) is 10.3 Å². The van der Waals surface area contributed by atoms with Crippen LogP contribution in [0, 0.1) is 0 Å². The molecule has 0 bridgehead atoms. The van der Waals surface area contributed by atoms with Gasteiger partial charge in [-0.05, 0) is 37.0 Å². The highest BCUT2D eigenvalue weighted by molar-refractivity contribution is 7.13. The molecular formula is C13H16N2OS.